The Morgan fingerprint density at radius 1 is 1.29 bits per heavy atom. The molecule has 0 unspecified atom stereocenters. The lowest BCUT2D eigenvalue weighted by Crippen LogP contribution is -2.31. The lowest BCUT2D eigenvalue weighted by atomic mass is 10.1. The van der Waals surface area contributed by atoms with Gasteiger partial charge in [-0.25, -0.2) is 0 Å². The van der Waals surface area contributed by atoms with Crippen LogP contribution in [0.15, 0.2) is 4.42 Å². The normalized spacial score (nSPS) is 12.2. The van der Waals surface area contributed by atoms with Gasteiger partial charge in [0, 0.05) is 12.1 Å². The quantitative estimate of drug-likeness (QED) is 0.837. The Kier molecular flexibility index (Phi) is 3.93. The number of amides is 1. The van der Waals surface area contributed by atoms with E-state index in [1.165, 1.54) is 0 Å². The Morgan fingerprint density at radius 3 is 2.29 bits per heavy atom. The molecule has 1 aromatic rings. The molecule has 0 bridgehead atoms. The van der Waals surface area contributed by atoms with E-state index >= 15 is 0 Å². The van der Waals surface area contributed by atoms with Crippen LogP contribution in [0.4, 0.5) is 0 Å². The van der Waals surface area contributed by atoms with Gasteiger partial charge in [0.05, 0.1) is 11.5 Å². The summed E-state index contributed by atoms with van der Waals surface area (Å²) in [5.41, 5.74) is 1.29. The van der Waals surface area contributed by atoms with Gasteiger partial charge in [0.2, 0.25) is 0 Å². The second-order valence-electron chi connectivity index (χ2n) is 4.16. The highest BCUT2D eigenvalue weighted by atomic mass is 16.4. The van der Waals surface area contributed by atoms with Gasteiger partial charge in [-0.3, -0.25) is 9.59 Å². The third-order valence-corrected chi connectivity index (χ3v) is 2.78. The lowest BCUT2D eigenvalue weighted by Gasteiger charge is -2.08. The van der Waals surface area contributed by atoms with Crippen LogP contribution in [-0.2, 0) is 4.79 Å². The molecule has 0 radical (unpaired) electrons. The maximum Gasteiger partial charge on any atom is 0.308 e. The maximum atomic E-state index is 11.9. The summed E-state index contributed by atoms with van der Waals surface area (Å²) in [5, 5.41) is 11.3. The number of hydrogen-bond acceptors (Lipinski definition) is 3. The Labute approximate surface area is 99.8 Å². The SMILES string of the molecule is Cc1oc(C)c(C(=O)NC[C@@H](C)C(=O)O)c1C. The van der Waals surface area contributed by atoms with Crippen molar-refractivity contribution in [1.82, 2.24) is 5.32 Å². The van der Waals surface area contributed by atoms with E-state index in [1.807, 2.05) is 0 Å². The minimum absolute atomic E-state index is 0.108. The third kappa shape index (κ3) is 2.87. The molecular weight excluding hydrogens is 222 g/mol. The van der Waals surface area contributed by atoms with Crippen LogP contribution in [0.5, 0.6) is 0 Å². The molecule has 1 rings (SSSR count). The molecule has 0 saturated carbocycles. The molecule has 1 amide bonds. The summed E-state index contributed by atoms with van der Waals surface area (Å²) in [6, 6.07) is 0. The molecule has 2 N–H and O–H groups in total. The second-order valence-corrected chi connectivity index (χ2v) is 4.16. The van der Waals surface area contributed by atoms with E-state index in [0.29, 0.717) is 17.1 Å². The smallest absolute Gasteiger partial charge is 0.308 e. The van der Waals surface area contributed by atoms with E-state index in [9.17, 15) is 9.59 Å². The van der Waals surface area contributed by atoms with Crippen LogP contribution in [-0.4, -0.2) is 23.5 Å². The summed E-state index contributed by atoms with van der Waals surface area (Å²) in [7, 11) is 0. The first-order chi connectivity index (χ1) is 7.84. The Hall–Kier alpha value is -1.78. The molecule has 0 aliphatic carbocycles. The van der Waals surface area contributed by atoms with Gasteiger partial charge in [-0.05, 0) is 20.8 Å². The fourth-order valence-electron chi connectivity index (χ4n) is 1.55. The van der Waals surface area contributed by atoms with Crippen LogP contribution in [0, 0.1) is 26.7 Å². The molecule has 0 saturated heterocycles. The second kappa shape index (κ2) is 5.03. The van der Waals surface area contributed by atoms with Crippen LogP contribution >= 0.6 is 0 Å². The molecule has 0 aromatic carbocycles. The zero-order valence-electron chi connectivity index (χ0n) is 10.5. The molecule has 17 heavy (non-hydrogen) atoms. The van der Waals surface area contributed by atoms with Crippen LogP contribution in [0.25, 0.3) is 0 Å². The van der Waals surface area contributed by atoms with Crippen LogP contribution in [0.2, 0.25) is 0 Å². The van der Waals surface area contributed by atoms with E-state index in [2.05, 4.69) is 5.32 Å². The predicted octanol–water partition coefficient (Wildman–Crippen LogP) is 1.66. The first-order valence-electron chi connectivity index (χ1n) is 5.42. The Morgan fingerprint density at radius 2 is 1.88 bits per heavy atom. The minimum atomic E-state index is -0.929. The third-order valence-electron chi connectivity index (χ3n) is 2.78. The molecule has 0 aliphatic heterocycles. The zero-order chi connectivity index (χ0) is 13.2. The predicted molar refractivity (Wildman–Crippen MR) is 62.1 cm³/mol. The maximum absolute atomic E-state index is 11.9. The molecule has 1 atom stereocenters. The summed E-state index contributed by atoms with van der Waals surface area (Å²) in [5.74, 6) is -0.556. The van der Waals surface area contributed by atoms with Gasteiger partial charge in [0.1, 0.15) is 11.5 Å². The molecule has 0 aliphatic rings. The first-order valence-corrected chi connectivity index (χ1v) is 5.42. The lowest BCUT2D eigenvalue weighted by molar-refractivity contribution is -0.140. The van der Waals surface area contributed by atoms with Crippen LogP contribution < -0.4 is 5.32 Å². The van der Waals surface area contributed by atoms with Gasteiger partial charge in [-0.2, -0.15) is 0 Å². The highest BCUT2D eigenvalue weighted by Gasteiger charge is 2.19. The van der Waals surface area contributed by atoms with Crippen molar-refractivity contribution < 1.29 is 19.1 Å². The Bertz CT molecular complexity index is 448. The van der Waals surface area contributed by atoms with Crippen molar-refractivity contribution in [3.05, 3.63) is 22.6 Å². The molecule has 1 aromatic heterocycles. The zero-order valence-corrected chi connectivity index (χ0v) is 10.5. The number of aliphatic carboxylic acids is 1. The standard InChI is InChI=1S/C12H17NO4/c1-6(12(15)16)5-13-11(14)10-7(2)8(3)17-9(10)4/h6H,5H2,1-4H3,(H,13,14)(H,15,16)/t6-/m1/s1. The van der Waals surface area contributed by atoms with E-state index in [0.717, 1.165) is 5.56 Å². The van der Waals surface area contributed by atoms with Crippen molar-refractivity contribution in [2.24, 2.45) is 5.92 Å². The van der Waals surface area contributed by atoms with Gasteiger partial charge < -0.3 is 14.8 Å². The van der Waals surface area contributed by atoms with Crippen LogP contribution in [0.3, 0.4) is 0 Å². The first kappa shape index (κ1) is 13.3. The van der Waals surface area contributed by atoms with Crippen LogP contribution in [0.1, 0.15) is 34.4 Å². The van der Waals surface area contributed by atoms with Crippen molar-refractivity contribution in [3.8, 4) is 0 Å². The monoisotopic (exact) mass is 239 g/mol. The highest BCUT2D eigenvalue weighted by Crippen LogP contribution is 2.20. The molecule has 5 nitrogen and oxygen atoms in total. The van der Waals surface area contributed by atoms with Gasteiger partial charge in [-0.1, -0.05) is 6.92 Å². The summed E-state index contributed by atoms with van der Waals surface area (Å²) in [6.45, 7) is 6.97. The van der Waals surface area contributed by atoms with E-state index in [4.69, 9.17) is 9.52 Å². The molecule has 94 valence electrons. The van der Waals surface area contributed by atoms with Crippen molar-refractivity contribution in [2.45, 2.75) is 27.7 Å². The fourth-order valence-corrected chi connectivity index (χ4v) is 1.55. The fraction of sp³-hybridized carbons (Fsp3) is 0.500. The molecule has 1 heterocycles. The summed E-state index contributed by atoms with van der Waals surface area (Å²) in [6.07, 6.45) is 0. The van der Waals surface area contributed by atoms with Gasteiger partial charge in [0.15, 0.2) is 0 Å². The number of carbonyl (C=O) groups is 2. The summed E-state index contributed by atoms with van der Waals surface area (Å²) < 4.78 is 5.34. The number of carboxylic acids is 1. The molecular formula is C12H17NO4. The average Bonchev–Trinajstić information content (AvgIpc) is 2.49. The van der Waals surface area contributed by atoms with Crippen molar-refractivity contribution in [3.63, 3.8) is 0 Å². The molecule has 0 fully saturated rings. The number of aryl methyl sites for hydroxylation is 2. The number of carbonyl (C=O) groups excluding carboxylic acids is 1. The van der Waals surface area contributed by atoms with Crippen molar-refractivity contribution in [2.75, 3.05) is 6.54 Å². The van der Waals surface area contributed by atoms with Crippen molar-refractivity contribution >= 4 is 11.9 Å². The molecule has 0 spiro atoms. The average molecular weight is 239 g/mol. The van der Waals surface area contributed by atoms with E-state index in [-0.39, 0.29) is 12.5 Å². The van der Waals surface area contributed by atoms with E-state index in [1.54, 1.807) is 27.7 Å². The largest absolute Gasteiger partial charge is 0.481 e. The summed E-state index contributed by atoms with van der Waals surface area (Å²) >= 11 is 0. The number of carboxylic acid groups (broad SMARTS) is 1. The molecule has 5 heteroatoms. The topological polar surface area (TPSA) is 79.5 Å². The summed E-state index contributed by atoms with van der Waals surface area (Å²) in [4.78, 5) is 22.5. The number of hydrogen-bond donors (Lipinski definition) is 2. The van der Waals surface area contributed by atoms with Gasteiger partial charge >= 0.3 is 5.97 Å². The Balaban J connectivity index is 2.74. The highest BCUT2D eigenvalue weighted by molar-refractivity contribution is 5.97. The van der Waals surface area contributed by atoms with Crippen molar-refractivity contribution in [1.29, 1.82) is 0 Å². The van der Waals surface area contributed by atoms with Gasteiger partial charge in [-0.15, -0.1) is 0 Å². The van der Waals surface area contributed by atoms with E-state index < -0.39 is 11.9 Å². The number of nitrogens with one attached hydrogen (secondary N) is 1. The van der Waals surface area contributed by atoms with Gasteiger partial charge in [0.25, 0.3) is 5.91 Å². The number of furan rings is 1. The number of rotatable bonds is 4. The minimum Gasteiger partial charge on any atom is -0.481 e.